The van der Waals surface area contributed by atoms with Gasteiger partial charge in [-0.3, -0.25) is 14.4 Å². The number of para-hydroxylation sites is 1. The molecule has 25 heavy (non-hydrogen) atoms. The van der Waals surface area contributed by atoms with Crippen LogP contribution in [-0.4, -0.2) is 35.7 Å². The second-order valence-corrected chi connectivity index (χ2v) is 5.24. The Morgan fingerprint density at radius 1 is 1.24 bits per heavy atom. The van der Waals surface area contributed by atoms with Gasteiger partial charge in [0.15, 0.2) is 6.61 Å². The molecule has 0 aliphatic rings. The number of nitrogens with zero attached hydrogens (tertiary/aromatic N) is 1. The SMILES string of the molecule is CC[C@H](NC(=O)c1ccc(=O)[nH]n1)c1ccccc1OCC(=O)NC. The summed E-state index contributed by atoms with van der Waals surface area (Å²) in [6.45, 7) is 1.81. The first-order valence-electron chi connectivity index (χ1n) is 7.84. The summed E-state index contributed by atoms with van der Waals surface area (Å²) in [4.78, 5) is 34.7. The van der Waals surface area contributed by atoms with E-state index in [4.69, 9.17) is 4.74 Å². The molecule has 0 aliphatic heterocycles. The maximum Gasteiger partial charge on any atom is 0.272 e. The maximum atomic E-state index is 12.3. The highest BCUT2D eigenvalue weighted by Crippen LogP contribution is 2.27. The minimum absolute atomic E-state index is 0.112. The van der Waals surface area contributed by atoms with Crippen molar-refractivity contribution >= 4 is 11.8 Å². The van der Waals surface area contributed by atoms with Crippen LogP contribution in [0.25, 0.3) is 0 Å². The number of H-pyrrole nitrogens is 1. The summed E-state index contributed by atoms with van der Waals surface area (Å²) < 4.78 is 5.55. The molecule has 0 bridgehead atoms. The van der Waals surface area contributed by atoms with E-state index in [0.717, 1.165) is 5.56 Å². The Bertz CT molecular complexity index is 783. The molecule has 0 fully saturated rings. The first-order valence-corrected chi connectivity index (χ1v) is 7.84. The van der Waals surface area contributed by atoms with Crippen LogP contribution in [0.5, 0.6) is 5.75 Å². The molecule has 0 saturated heterocycles. The number of carbonyl (C=O) groups is 2. The van der Waals surface area contributed by atoms with E-state index in [2.05, 4.69) is 20.8 Å². The van der Waals surface area contributed by atoms with E-state index in [-0.39, 0.29) is 29.8 Å². The van der Waals surface area contributed by atoms with Crippen LogP contribution >= 0.6 is 0 Å². The highest BCUT2D eigenvalue weighted by molar-refractivity contribution is 5.92. The number of hydrogen-bond donors (Lipinski definition) is 3. The van der Waals surface area contributed by atoms with E-state index in [0.29, 0.717) is 12.2 Å². The number of rotatable bonds is 7. The summed E-state index contributed by atoms with van der Waals surface area (Å²) in [5.74, 6) is -0.138. The van der Waals surface area contributed by atoms with Gasteiger partial charge in [-0.05, 0) is 18.6 Å². The summed E-state index contributed by atoms with van der Waals surface area (Å²) >= 11 is 0. The quantitative estimate of drug-likeness (QED) is 0.687. The van der Waals surface area contributed by atoms with E-state index >= 15 is 0 Å². The molecule has 2 amide bonds. The van der Waals surface area contributed by atoms with Gasteiger partial charge in [0.1, 0.15) is 11.4 Å². The third-order valence-corrected chi connectivity index (χ3v) is 3.56. The normalized spacial score (nSPS) is 11.4. The summed E-state index contributed by atoms with van der Waals surface area (Å²) in [6.07, 6.45) is 0.607. The van der Waals surface area contributed by atoms with Crippen LogP contribution in [0, 0.1) is 0 Å². The van der Waals surface area contributed by atoms with Gasteiger partial charge in [0.2, 0.25) is 0 Å². The average molecular weight is 344 g/mol. The summed E-state index contributed by atoms with van der Waals surface area (Å²) in [5, 5.41) is 11.3. The van der Waals surface area contributed by atoms with Crippen molar-refractivity contribution in [2.24, 2.45) is 0 Å². The van der Waals surface area contributed by atoms with Crippen molar-refractivity contribution in [3.63, 3.8) is 0 Å². The fraction of sp³-hybridized carbons (Fsp3) is 0.294. The maximum absolute atomic E-state index is 12.3. The number of benzene rings is 1. The van der Waals surface area contributed by atoms with Crippen molar-refractivity contribution in [3.05, 3.63) is 58.0 Å². The second-order valence-electron chi connectivity index (χ2n) is 5.24. The molecule has 1 aromatic carbocycles. The Kier molecular flexibility index (Phi) is 6.27. The molecule has 3 N–H and O–H groups in total. The van der Waals surface area contributed by atoms with Gasteiger partial charge in [-0.25, -0.2) is 5.10 Å². The zero-order valence-electron chi connectivity index (χ0n) is 14.0. The number of aromatic amines is 1. The number of amides is 2. The van der Waals surface area contributed by atoms with Gasteiger partial charge < -0.3 is 15.4 Å². The summed E-state index contributed by atoms with van der Waals surface area (Å²) in [6, 6.07) is 9.45. The van der Waals surface area contributed by atoms with Crippen LogP contribution in [0.15, 0.2) is 41.2 Å². The lowest BCUT2D eigenvalue weighted by Gasteiger charge is -2.20. The van der Waals surface area contributed by atoms with Gasteiger partial charge >= 0.3 is 0 Å². The Morgan fingerprint density at radius 3 is 2.64 bits per heavy atom. The van der Waals surface area contributed by atoms with Crippen molar-refractivity contribution in [3.8, 4) is 5.75 Å². The highest BCUT2D eigenvalue weighted by atomic mass is 16.5. The van der Waals surface area contributed by atoms with Crippen molar-refractivity contribution in [2.75, 3.05) is 13.7 Å². The van der Waals surface area contributed by atoms with E-state index < -0.39 is 5.91 Å². The summed E-state index contributed by atoms with van der Waals surface area (Å²) in [7, 11) is 1.53. The lowest BCUT2D eigenvalue weighted by Crippen LogP contribution is -2.30. The minimum Gasteiger partial charge on any atom is -0.483 e. The Labute approximate surface area is 144 Å². The molecule has 8 heteroatoms. The number of carbonyl (C=O) groups excluding carboxylic acids is 2. The Hall–Kier alpha value is -3.16. The van der Waals surface area contributed by atoms with Gasteiger partial charge in [-0.15, -0.1) is 0 Å². The van der Waals surface area contributed by atoms with E-state index in [9.17, 15) is 14.4 Å². The van der Waals surface area contributed by atoms with Gasteiger partial charge in [0, 0.05) is 18.7 Å². The smallest absolute Gasteiger partial charge is 0.272 e. The molecule has 0 aliphatic carbocycles. The molecule has 1 heterocycles. The molecule has 2 rings (SSSR count). The zero-order chi connectivity index (χ0) is 18.2. The minimum atomic E-state index is -0.413. The van der Waals surface area contributed by atoms with Crippen molar-refractivity contribution in [2.45, 2.75) is 19.4 Å². The van der Waals surface area contributed by atoms with Crippen LogP contribution < -0.4 is 20.9 Å². The van der Waals surface area contributed by atoms with E-state index in [1.165, 1.54) is 19.2 Å². The molecule has 1 aromatic heterocycles. The van der Waals surface area contributed by atoms with Gasteiger partial charge in [-0.2, -0.15) is 5.10 Å². The number of nitrogens with one attached hydrogen (secondary N) is 3. The molecule has 0 unspecified atom stereocenters. The van der Waals surface area contributed by atoms with Crippen molar-refractivity contribution in [1.82, 2.24) is 20.8 Å². The molecular weight excluding hydrogens is 324 g/mol. The molecule has 1 atom stereocenters. The molecule has 8 nitrogen and oxygen atoms in total. The van der Waals surface area contributed by atoms with Crippen LogP contribution in [-0.2, 0) is 4.79 Å². The monoisotopic (exact) mass is 344 g/mol. The number of likely N-dealkylation sites (N-methyl/N-ethyl adjacent to an activating group) is 1. The summed E-state index contributed by atoms with van der Waals surface area (Å²) in [5.41, 5.74) is 0.491. The third kappa shape index (κ3) is 4.90. The number of hydrogen-bond acceptors (Lipinski definition) is 5. The van der Waals surface area contributed by atoms with Gasteiger partial charge in [-0.1, -0.05) is 25.1 Å². The first-order chi connectivity index (χ1) is 12.0. The molecule has 0 saturated carbocycles. The zero-order valence-corrected chi connectivity index (χ0v) is 14.0. The van der Waals surface area contributed by atoms with Crippen LogP contribution in [0.2, 0.25) is 0 Å². The molecule has 0 spiro atoms. The largest absolute Gasteiger partial charge is 0.483 e. The Morgan fingerprint density at radius 2 is 2.00 bits per heavy atom. The van der Waals surface area contributed by atoms with Crippen LogP contribution in [0.4, 0.5) is 0 Å². The highest BCUT2D eigenvalue weighted by Gasteiger charge is 2.19. The molecule has 2 aromatic rings. The van der Waals surface area contributed by atoms with Gasteiger partial charge in [0.05, 0.1) is 6.04 Å². The molecule has 132 valence electrons. The number of aromatic nitrogens is 2. The fourth-order valence-corrected chi connectivity index (χ4v) is 2.22. The van der Waals surface area contributed by atoms with Crippen LogP contribution in [0.1, 0.15) is 35.4 Å². The standard InChI is InChI=1S/C17H20N4O4/c1-3-12(19-17(24)13-8-9-15(22)21-20-13)11-6-4-5-7-14(11)25-10-16(23)18-2/h4-9,12H,3,10H2,1-2H3,(H,18,23)(H,19,24)(H,21,22)/t12-/m0/s1. The number of ether oxygens (including phenoxy) is 1. The predicted octanol–water partition coefficient (Wildman–Crippen LogP) is 0.776. The Balaban J connectivity index is 2.16. The van der Waals surface area contributed by atoms with E-state index in [1.54, 1.807) is 12.1 Å². The topological polar surface area (TPSA) is 113 Å². The molecular formula is C17H20N4O4. The fourth-order valence-electron chi connectivity index (χ4n) is 2.22. The van der Waals surface area contributed by atoms with Crippen molar-refractivity contribution in [1.29, 1.82) is 0 Å². The van der Waals surface area contributed by atoms with Crippen molar-refractivity contribution < 1.29 is 14.3 Å². The van der Waals surface area contributed by atoms with Crippen LogP contribution in [0.3, 0.4) is 0 Å². The lowest BCUT2D eigenvalue weighted by atomic mass is 10.0. The average Bonchev–Trinajstić information content (AvgIpc) is 2.64. The predicted molar refractivity (Wildman–Crippen MR) is 91.4 cm³/mol. The molecule has 0 radical (unpaired) electrons. The van der Waals surface area contributed by atoms with Gasteiger partial charge in [0.25, 0.3) is 17.4 Å². The second kappa shape index (κ2) is 8.62. The third-order valence-electron chi connectivity index (χ3n) is 3.56. The lowest BCUT2D eigenvalue weighted by molar-refractivity contribution is -0.122. The van der Waals surface area contributed by atoms with E-state index in [1.807, 2.05) is 19.1 Å². The first kappa shape index (κ1) is 18.2.